The first kappa shape index (κ1) is 60.6. The summed E-state index contributed by atoms with van der Waals surface area (Å²) in [5, 5.41) is 23.8. The summed E-state index contributed by atoms with van der Waals surface area (Å²) in [6, 6.07) is -0.714. The Morgan fingerprint density at radius 2 is 0.905 bits per heavy atom. The summed E-state index contributed by atoms with van der Waals surface area (Å²) in [6.45, 7) is 6.34. The quantitative estimate of drug-likeness (QED) is 0.0245. The zero-order valence-electron chi connectivity index (χ0n) is 41.7. The van der Waals surface area contributed by atoms with Gasteiger partial charge in [-0.1, -0.05) is 229 Å². The number of esters is 1. The van der Waals surface area contributed by atoms with Crippen molar-refractivity contribution in [3.05, 3.63) is 60.8 Å². The maximum absolute atomic E-state index is 13.2. The van der Waals surface area contributed by atoms with Crippen LogP contribution in [0.5, 0.6) is 0 Å². The van der Waals surface area contributed by atoms with Crippen molar-refractivity contribution in [1.29, 1.82) is 0 Å². The maximum Gasteiger partial charge on any atom is 0.306 e. The molecule has 3 N–H and O–H groups in total. The fraction of sp³-hybridized carbons (Fsp3) is 0.789. The lowest BCUT2D eigenvalue weighted by molar-refractivity contribution is -0.151. The van der Waals surface area contributed by atoms with E-state index in [9.17, 15) is 19.8 Å². The summed E-state index contributed by atoms with van der Waals surface area (Å²) in [7, 11) is 0. The summed E-state index contributed by atoms with van der Waals surface area (Å²) in [4.78, 5) is 26.2. The topological polar surface area (TPSA) is 95.9 Å². The number of carbonyl (C=O) groups is 2. The van der Waals surface area contributed by atoms with E-state index in [-0.39, 0.29) is 24.9 Å². The third-order valence-corrected chi connectivity index (χ3v) is 12.1. The van der Waals surface area contributed by atoms with Gasteiger partial charge in [0, 0.05) is 6.42 Å². The third kappa shape index (κ3) is 45.9. The molecule has 0 radical (unpaired) electrons. The lowest BCUT2D eigenvalue weighted by Crippen LogP contribution is -2.46. The third-order valence-electron chi connectivity index (χ3n) is 12.1. The van der Waals surface area contributed by atoms with Crippen LogP contribution in [0.25, 0.3) is 0 Å². The summed E-state index contributed by atoms with van der Waals surface area (Å²) in [6.07, 6.45) is 62.8. The van der Waals surface area contributed by atoms with Gasteiger partial charge in [-0.2, -0.15) is 0 Å². The van der Waals surface area contributed by atoms with Gasteiger partial charge in [-0.15, -0.1) is 0 Å². The van der Waals surface area contributed by atoms with E-state index >= 15 is 0 Å². The maximum atomic E-state index is 13.2. The van der Waals surface area contributed by atoms with Gasteiger partial charge in [0.25, 0.3) is 0 Å². The van der Waals surface area contributed by atoms with Crippen LogP contribution in [0.2, 0.25) is 0 Å². The highest BCUT2D eigenvalue weighted by molar-refractivity contribution is 5.77. The summed E-state index contributed by atoms with van der Waals surface area (Å²) < 4.78 is 5.92. The Labute approximate surface area is 390 Å². The Balaban J connectivity index is 4.57. The molecule has 0 fully saturated rings. The molecule has 0 rings (SSSR count). The van der Waals surface area contributed by atoms with Gasteiger partial charge in [0.05, 0.1) is 25.2 Å². The van der Waals surface area contributed by atoms with Crippen LogP contribution in [-0.2, 0) is 14.3 Å². The minimum absolute atomic E-state index is 0.0539. The Kier molecular flexibility index (Phi) is 48.6. The Morgan fingerprint density at radius 3 is 1.43 bits per heavy atom. The molecule has 1 amide bonds. The van der Waals surface area contributed by atoms with Gasteiger partial charge in [-0.05, 0) is 83.5 Å². The Morgan fingerprint density at radius 1 is 0.492 bits per heavy atom. The largest absolute Gasteiger partial charge is 0.462 e. The molecule has 0 aromatic heterocycles. The molecule has 0 aliphatic heterocycles. The number of ether oxygens (including phenoxy) is 1. The molecule has 0 saturated carbocycles. The van der Waals surface area contributed by atoms with Crippen molar-refractivity contribution in [2.24, 2.45) is 0 Å². The van der Waals surface area contributed by atoms with E-state index < -0.39 is 18.2 Å². The van der Waals surface area contributed by atoms with Crippen molar-refractivity contribution < 1.29 is 24.5 Å². The van der Waals surface area contributed by atoms with Crippen LogP contribution >= 0.6 is 0 Å². The van der Waals surface area contributed by atoms with Crippen LogP contribution in [0.4, 0.5) is 0 Å². The first-order valence-electron chi connectivity index (χ1n) is 27.0. The van der Waals surface area contributed by atoms with Crippen molar-refractivity contribution in [2.45, 2.75) is 283 Å². The average Bonchev–Trinajstić information content (AvgIpc) is 3.28. The van der Waals surface area contributed by atoms with E-state index in [1.165, 1.54) is 109 Å². The highest BCUT2D eigenvalue weighted by Gasteiger charge is 2.24. The number of allylic oxidation sites excluding steroid dienone is 10. The van der Waals surface area contributed by atoms with Gasteiger partial charge < -0.3 is 20.3 Å². The van der Waals surface area contributed by atoms with Crippen LogP contribution in [0.1, 0.15) is 265 Å². The molecule has 0 bridgehead atoms. The summed E-state index contributed by atoms with van der Waals surface area (Å²) >= 11 is 0. The Hall–Kier alpha value is -2.44. The predicted molar refractivity (Wildman–Crippen MR) is 273 cm³/mol. The molecule has 3 atom stereocenters. The minimum Gasteiger partial charge on any atom is -0.462 e. The molecule has 6 heteroatoms. The standard InChI is InChI=1S/C57H103NO5/c1-4-7-10-13-16-19-22-25-27-28-29-31-34-37-40-43-46-49-55(60)54(52-59)58-56(61)51-53(48-45-42-39-36-33-30-24-21-18-15-12-9-6-3)63-57(62)50-47-44-41-38-35-32-26-23-20-17-14-11-8-5-2/h8,11,17-18,20-21,24,26,30,32,53-55,59-60H,4-7,9-10,12-16,19,22-23,25,27-29,31,33-52H2,1-3H3,(H,58,61)/b11-8+,20-17+,21-18+,30-24+,32-26+. The molecule has 63 heavy (non-hydrogen) atoms. The van der Waals surface area contributed by atoms with Crippen LogP contribution in [-0.4, -0.2) is 46.9 Å². The molecule has 0 aliphatic carbocycles. The normalized spacial score (nSPS) is 13.7. The van der Waals surface area contributed by atoms with Gasteiger partial charge in [-0.3, -0.25) is 9.59 Å². The lowest BCUT2D eigenvalue weighted by atomic mass is 10.0. The highest BCUT2D eigenvalue weighted by Crippen LogP contribution is 2.18. The number of amides is 1. The fourth-order valence-electron chi connectivity index (χ4n) is 8.02. The van der Waals surface area contributed by atoms with Crippen LogP contribution < -0.4 is 5.32 Å². The van der Waals surface area contributed by atoms with E-state index in [4.69, 9.17) is 4.74 Å². The number of unbranched alkanes of at least 4 members (excludes halogenated alkanes) is 27. The summed E-state index contributed by atoms with van der Waals surface area (Å²) in [5.74, 6) is -0.517. The van der Waals surface area contributed by atoms with E-state index in [0.29, 0.717) is 19.3 Å². The van der Waals surface area contributed by atoms with E-state index in [1.54, 1.807) is 0 Å². The number of rotatable bonds is 48. The zero-order chi connectivity index (χ0) is 45.9. The molecule has 0 aromatic carbocycles. The van der Waals surface area contributed by atoms with E-state index in [2.05, 4.69) is 86.8 Å². The van der Waals surface area contributed by atoms with E-state index in [1.807, 2.05) is 0 Å². The average molecular weight is 882 g/mol. The second-order valence-electron chi connectivity index (χ2n) is 18.3. The molecule has 6 nitrogen and oxygen atoms in total. The molecular weight excluding hydrogens is 779 g/mol. The van der Waals surface area contributed by atoms with Gasteiger partial charge in [-0.25, -0.2) is 0 Å². The van der Waals surface area contributed by atoms with Crippen LogP contribution in [0, 0.1) is 0 Å². The number of carbonyl (C=O) groups excluding carboxylic acids is 2. The number of hydrogen-bond acceptors (Lipinski definition) is 5. The van der Waals surface area contributed by atoms with Crippen molar-refractivity contribution in [2.75, 3.05) is 6.61 Å². The molecule has 0 spiro atoms. The summed E-state index contributed by atoms with van der Waals surface area (Å²) in [5.41, 5.74) is 0. The highest BCUT2D eigenvalue weighted by atomic mass is 16.5. The molecule has 0 aliphatic rings. The number of aliphatic hydroxyl groups is 2. The van der Waals surface area contributed by atoms with Gasteiger partial charge >= 0.3 is 5.97 Å². The Bertz CT molecular complexity index is 1130. The molecule has 3 unspecified atom stereocenters. The number of hydrogen-bond donors (Lipinski definition) is 3. The van der Waals surface area contributed by atoms with Crippen molar-refractivity contribution in [3.63, 3.8) is 0 Å². The second kappa shape index (κ2) is 50.6. The minimum atomic E-state index is -0.799. The molecule has 0 heterocycles. The SMILES string of the molecule is CC/C=C/C/C=C/C/C=C/CCCCCCC(=O)OC(CCCCCC/C=C/C=C/CCCCC)CC(=O)NC(CO)C(O)CCCCCCCCCCCCCCCCCCC. The first-order chi connectivity index (χ1) is 31.0. The van der Waals surface area contributed by atoms with Gasteiger partial charge in [0.1, 0.15) is 6.10 Å². The smallest absolute Gasteiger partial charge is 0.306 e. The van der Waals surface area contributed by atoms with Gasteiger partial charge in [0.15, 0.2) is 0 Å². The molecule has 366 valence electrons. The fourth-order valence-corrected chi connectivity index (χ4v) is 8.02. The predicted octanol–water partition coefficient (Wildman–Crippen LogP) is 16.4. The van der Waals surface area contributed by atoms with Crippen LogP contribution in [0.3, 0.4) is 0 Å². The molecule has 0 aromatic rings. The van der Waals surface area contributed by atoms with E-state index in [0.717, 1.165) is 109 Å². The zero-order valence-corrected chi connectivity index (χ0v) is 41.7. The second-order valence-corrected chi connectivity index (χ2v) is 18.3. The first-order valence-corrected chi connectivity index (χ1v) is 27.0. The molecule has 0 saturated heterocycles. The monoisotopic (exact) mass is 882 g/mol. The van der Waals surface area contributed by atoms with Crippen molar-refractivity contribution >= 4 is 11.9 Å². The molecular formula is C57H103NO5. The number of aliphatic hydroxyl groups excluding tert-OH is 2. The van der Waals surface area contributed by atoms with Crippen molar-refractivity contribution in [1.82, 2.24) is 5.32 Å². The van der Waals surface area contributed by atoms with Gasteiger partial charge in [0.2, 0.25) is 5.91 Å². The van der Waals surface area contributed by atoms with Crippen LogP contribution in [0.15, 0.2) is 60.8 Å². The lowest BCUT2D eigenvalue weighted by Gasteiger charge is -2.24. The number of nitrogens with one attached hydrogen (secondary N) is 1. The van der Waals surface area contributed by atoms with Crippen molar-refractivity contribution in [3.8, 4) is 0 Å².